The van der Waals surface area contributed by atoms with E-state index in [1.54, 1.807) is 11.0 Å². The molecule has 2 bridgehead atoms. The molecule has 2 aliphatic heterocycles. The summed E-state index contributed by atoms with van der Waals surface area (Å²) < 4.78 is 1.68. The molecule has 1 aromatic carbocycles. The van der Waals surface area contributed by atoms with E-state index in [-0.39, 0.29) is 5.91 Å². The van der Waals surface area contributed by atoms with Gasteiger partial charge in [0.15, 0.2) is 0 Å². The SMILES string of the molecule is O=C(c1cccc(-n2cncn2)c1)N1C2CCNCC1CC2. The number of nitrogens with one attached hydrogen (secondary N) is 1. The standard InChI is InChI=1S/C16H19N5O/c22-16(21-13-4-5-15(21)9-17-7-6-13)12-2-1-3-14(8-12)20-11-18-10-19-20/h1-3,8,10-11,13,15,17H,4-7,9H2. The molecule has 114 valence electrons. The summed E-state index contributed by atoms with van der Waals surface area (Å²) in [7, 11) is 0. The summed E-state index contributed by atoms with van der Waals surface area (Å²) in [4.78, 5) is 19.0. The zero-order chi connectivity index (χ0) is 14.9. The van der Waals surface area contributed by atoms with Crippen molar-refractivity contribution in [3.8, 4) is 5.69 Å². The number of fused-ring (bicyclic) bond motifs is 2. The number of nitrogens with zero attached hydrogens (tertiary/aromatic N) is 4. The fourth-order valence-corrected chi connectivity index (χ4v) is 3.59. The third-order valence-corrected chi connectivity index (χ3v) is 4.67. The van der Waals surface area contributed by atoms with Crippen molar-refractivity contribution < 1.29 is 4.79 Å². The lowest BCUT2D eigenvalue weighted by Crippen LogP contribution is -2.42. The molecular weight excluding hydrogens is 278 g/mol. The van der Waals surface area contributed by atoms with E-state index < -0.39 is 0 Å². The molecule has 6 nitrogen and oxygen atoms in total. The molecule has 1 aromatic heterocycles. The molecule has 0 saturated carbocycles. The van der Waals surface area contributed by atoms with E-state index in [1.807, 2.05) is 24.3 Å². The van der Waals surface area contributed by atoms with E-state index >= 15 is 0 Å². The van der Waals surface area contributed by atoms with E-state index in [0.717, 1.165) is 43.6 Å². The number of carbonyl (C=O) groups is 1. The van der Waals surface area contributed by atoms with E-state index in [4.69, 9.17) is 0 Å². The number of rotatable bonds is 2. The Balaban J connectivity index is 1.64. The quantitative estimate of drug-likeness (QED) is 0.906. The lowest BCUT2D eigenvalue weighted by Gasteiger charge is -2.28. The highest BCUT2D eigenvalue weighted by atomic mass is 16.2. The van der Waals surface area contributed by atoms with Crippen molar-refractivity contribution >= 4 is 5.91 Å². The number of benzene rings is 1. The summed E-state index contributed by atoms with van der Waals surface area (Å²) in [5, 5.41) is 7.56. The van der Waals surface area contributed by atoms with Crippen LogP contribution in [0.25, 0.3) is 5.69 Å². The highest BCUT2D eigenvalue weighted by Crippen LogP contribution is 2.29. The van der Waals surface area contributed by atoms with Gasteiger partial charge in [-0.1, -0.05) is 6.07 Å². The lowest BCUT2D eigenvalue weighted by molar-refractivity contribution is 0.0680. The van der Waals surface area contributed by atoms with Crippen LogP contribution in [0, 0.1) is 0 Å². The van der Waals surface area contributed by atoms with Gasteiger partial charge in [0.2, 0.25) is 0 Å². The topological polar surface area (TPSA) is 63.1 Å². The minimum absolute atomic E-state index is 0.137. The second-order valence-electron chi connectivity index (χ2n) is 5.98. The highest BCUT2D eigenvalue weighted by Gasteiger charge is 2.38. The van der Waals surface area contributed by atoms with Gasteiger partial charge in [-0.25, -0.2) is 9.67 Å². The van der Waals surface area contributed by atoms with E-state index in [2.05, 4.69) is 20.3 Å². The molecule has 6 heteroatoms. The van der Waals surface area contributed by atoms with Crippen LogP contribution in [-0.4, -0.2) is 50.7 Å². The molecule has 2 aliphatic rings. The maximum absolute atomic E-state index is 13.0. The molecule has 0 radical (unpaired) electrons. The van der Waals surface area contributed by atoms with Crippen molar-refractivity contribution in [2.75, 3.05) is 13.1 Å². The molecule has 2 atom stereocenters. The van der Waals surface area contributed by atoms with Crippen LogP contribution < -0.4 is 5.32 Å². The van der Waals surface area contributed by atoms with Gasteiger partial charge in [-0.2, -0.15) is 5.10 Å². The Morgan fingerprint density at radius 2 is 2.14 bits per heavy atom. The van der Waals surface area contributed by atoms with Gasteiger partial charge >= 0.3 is 0 Å². The number of amides is 1. The van der Waals surface area contributed by atoms with Crippen LogP contribution in [-0.2, 0) is 0 Å². The average Bonchev–Trinajstić information content (AvgIpc) is 3.14. The minimum atomic E-state index is 0.137. The summed E-state index contributed by atoms with van der Waals surface area (Å²) in [6.45, 7) is 1.91. The van der Waals surface area contributed by atoms with Gasteiger partial charge < -0.3 is 10.2 Å². The van der Waals surface area contributed by atoms with Crippen LogP contribution in [0.3, 0.4) is 0 Å². The predicted octanol–water partition coefficient (Wildman–Crippen LogP) is 1.23. The number of hydrogen-bond donors (Lipinski definition) is 1. The van der Waals surface area contributed by atoms with E-state index in [1.165, 1.54) is 6.33 Å². The van der Waals surface area contributed by atoms with Gasteiger partial charge in [0.25, 0.3) is 5.91 Å². The Labute approximate surface area is 129 Å². The molecule has 0 spiro atoms. The minimum Gasteiger partial charge on any atom is -0.331 e. The summed E-state index contributed by atoms with van der Waals surface area (Å²) in [6, 6.07) is 8.33. The number of aromatic nitrogens is 3. The summed E-state index contributed by atoms with van der Waals surface area (Å²) >= 11 is 0. The first kappa shape index (κ1) is 13.5. The van der Waals surface area contributed by atoms with Gasteiger partial charge in [-0.05, 0) is 44.0 Å². The van der Waals surface area contributed by atoms with Crippen molar-refractivity contribution in [3.63, 3.8) is 0 Å². The van der Waals surface area contributed by atoms with Crippen molar-refractivity contribution in [1.82, 2.24) is 25.0 Å². The maximum atomic E-state index is 13.0. The first-order valence-corrected chi connectivity index (χ1v) is 7.81. The average molecular weight is 297 g/mol. The Morgan fingerprint density at radius 3 is 3.00 bits per heavy atom. The van der Waals surface area contributed by atoms with Crippen LogP contribution in [0.5, 0.6) is 0 Å². The van der Waals surface area contributed by atoms with Crippen LogP contribution in [0.2, 0.25) is 0 Å². The molecule has 2 saturated heterocycles. The molecule has 1 N–H and O–H groups in total. The fourth-order valence-electron chi connectivity index (χ4n) is 3.59. The molecule has 2 unspecified atom stereocenters. The molecule has 0 aliphatic carbocycles. The fraction of sp³-hybridized carbons (Fsp3) is 0.438. The van der Waals surface area contributed by atoms with E-state index in [0.29, 0.717) is 12.1 Å². The molecule has 2 fully saturated rings. The zero-order valence-electron chi connectivity index (χ0n) is 12.4. The molecule has 1 amide bonds. The van der Waals surface area contributed by atoms with Crippen molar-refractivity contribution in [2.24, 2.45) is 0 Å². The Bertz CT molecular complexity index is 655. The summed E-state index contributed by atoms with van der Waals surface area (Å²) in [6.07, 6.45) is 6.41. The molecule has 22 heavy (non-hydrogen) atoms. The third-order valence-electron chi connectivity index (χ3n) is 4.67. The first-order valence-electron chi connectivity index (χ1n) is 7.81. The first-order chi connectivity index (χ1) is 10.8. The monoisotopic (exact) mass is 297 g/mol. The van der Waals surface area contributed by atoms with Gasteiger partial charge in [0.05, 0.1) is 5.69 Å². The van der Waals surface area contributed by atoms with Crippen molar-refractivity contribution in [3.05, 3.63) is 42.5 Å². The van der Waals surface area contributed by atoms with Gasteiger partial charge in [-0.15, -0.1) is 0 Å². The Hall–Kier alpha value is -2.21. The molecule has 2 aromatic rings. The second kappa shape index (κ2) is 5.53. The smallest absolute Gasteiger partial charge is 0.254 e. The van der Waals surface area contributed by atoms with Crippen LogP contribution >= 0.6 is 0 Å². The number of carbonyl (C=O) groups excluding carboxylic acids is 1. The molecular formula is C16H19N5O. The molecule has 4 rings (SSSR count). The third kappa shape index (κ3) is 2.29. The zero-order valence-corrected chi connectivity index (χ0v) is 12.4. The van der Waals surface area contributed by atoms with Crippen LogP contribution in [0.4, 0.5) is 0 Å². The highest BCUT2D eigenvalue weighted by molar-refractivity contribution is 5.95. The van der Waals surface area contributed by atoms with Crippen molar-refractivity contribution in [2.45, 2.75) is 31.3 Å². The van der Waals surface area contributed by atoms with Gasteiger partial charge in [-0.3, -0.25) is 4.79 Å². The number of hydrogen-bond acceptors (Lipinski definition) is 4. The van der Waals surface area contributed by atoms with Crippen molar-refractivity contribution in [1.29, 1.82) is 0 Å². The predicted molar refractivity (Wildman–Crippen MR) is 81.8 cm³/mol. The normalized spacial score (nSPS) is 24.3. The Morgan fingerprint density at radius 1 is 1.23 bits per heavy atom. The van der Waals surface area contributed by atoms with Crippen LogP contribution in [0.15, 0.2) is 36.9 Å². The lowest BCUT2D eigenvalue weighted by atomic mass is 10.1. The van der Waals surface area contributed by atoms with Gasteiger partial charge in [0, 0.05) is 24.2 Å². The largest absolute Gasteiger partial charge is 0.331 e. The van der Waals surface area contributed by atoms with E-state index in [9.17, 15) is 4.79 Å². The van der Waals surface area contributed by atoms with Crippen LogP contribution in [0.1, 0.15) is 29.6 Å². The maximum Gasteiger partial charge on any atom is 0.254 e. The Kier molecular flexibility index (Phi) is 3.38. The second-order valence-corrected chi connectivity index (χ2v) is 5.98. The molecule has 3 heterocycles. The summed E-state index contributed by atoms with van der Waals surface area (Å²) in [5.41, 5.74) is 1.59. The van der Waals surface area contributed by atoms with Gasteiger partial charge in [0.1, 0.15) is 12.7 Å². The summed E-state index contributed by atoms with van der Waals surface area (Å²) in [5.74, 6) is 0.137.